The standard InChI is InChI=1S/C24H28ClF3N2O/c1-3-19(4-2)30(21-12-6-8-16-10-7-13-29-22(16)21)23(31)20(15-24(26,27)28)17-9-5-11-18(25)14-17/h5,7,9-11,13-14,19-21H,3-4,6,8,12,15H2,1-2H3. The van der Waals surface area contributed by atoms with Crippen molar-refractivity contribution in [3.63, 3.8) is 0 Å². The van der Waals surface area contributed by atoms with Gasteiger partial charge in [0, 0.05) is 17.3 Å². The topological polar surface area (TPSA) is 33.2 Å². The quantitative estimate of drug-likeness (QED) is 0.459. The summed E-state index contributed by atoms with van der Waals surface area (Å²) in [5.74, 6) is -1.84. The van der Waals surface area contributed by atoms with Gasteiger partial charge in [-0.15, -0.1) is 0 Å². The molecule has 3 nitrogen and oxygen atoms in total. The number of rotatable bonds is 7. The van der Waals surface area contributed by atoms with Crippen LogP contribution >= 0.6 is 11.6 Å². The number of fused-ring (bicyclic) bond motifs is 1. The molecular weight excluding hydrogens is 425 g/mol. The van der Waals surface area contributed by atoms with Crippen LogP contribution in [0.3, 0.4) is 0 Å². The predicted molar refractivity (Wildman–Crippen MR) is 116 cm³/mol. The Morgan fingerprint density at radius 2 is 1.97 bits per heavy atom. The maximum atomic E-state index is 13.9. The van der Waals surface area contributed by atoms with E-state index in [4.69, 9.17) is 11.6 Å². The molecular formula is C24H28ClF3N2O. The van der Waals surface area contributed by atoms with Crippen LogP contribution in [0.25, 0.3) is 0 Å². The molecule has 0 saturated carbocycles. The molecule has 1 aromatic heterocycles. The van der Waals surface area contributed by atoms with Crippen LogP contribution in [0.15, 0.2) is 42.6 Å². The monoisotopic (exact) mass is 452 g/mol. The lowest BCUT2D eigenvalue weighted by atomic mass is 9.86. The number of carbonyl (C=O) groups excluding carboxylic acids is 1. The van der Waals surface area contributed by atoms with Crippen LogP contribution in [0.1, 0.15) is 74.7 Å². The lowest BCUT2D eigenvalue weighted by Crippen LogP contribution is -2.46. The van der Waals surface area contributed by atoms with Crippen molar-refractivity contribution in [1.29, 1.82) is 0 Å². The summed E-state index contributed by atoms with van der Waals surface area (Å²) in [6.07, 6.45) is -0.253. The number of aromatic nitrogens is 1. The van der Waals surface area contributed by atoms with Crippen LogP contribution < -0.4 is 0 Å². The first kappa shape index (κ1) is 23.6. The van der Waals surface area contributed by atoms with Gasteiger partial charge in [-0.25, -0.2) is 0 Å². The van der Waals surface area contributed by atoms with Gasteiger partial charge < -0.3 is 4.90 Å². The number of benzene rings is 1. The van der Waals surface area contributed by atoms with Crippen molar-refractivity contribution < 1.29 is 18.0 Å². The molecule has 7 heteroatoms. The van der Waals surface area contributed by atoms with E-state index in [1.807, 2.05) is 26.0 Å². The van der Waals surface area contributed by atoms with Gasteiger partial charge in [0.1, 0.15) is 0 Å². The van der Waals surface area contributed by atoms with E-state index in [-0.39, 0.29) is 12.1 Å². The van der Waals surface area contributed by atoms with Crippen LogP contribution in [0.5, 0.6) is 0 Å². The third-order valence-electron chi connectivity index (χ3n) is 6.08. The highest BCUT2D eigenvalue weighted by atomic mass is 35.5. The second kappa shape index (κ2) is 10.0. The van der Waals surface area contributed by atoms with E-state index in [1.165, 1.54) is 6.07 Å². The van der Waals surface area contributed by atoms with Crippen molar-refractivity contribution in [3.8, 4) is 0 Å². The number of halogens is 4. The molecule has 2 atom stereocenters. The number of hydrogen-bond acceptors (Lipinski definition) is 2. The van der Waals surface area contributed by atoms with Crippen LogP contribution in [-0.4, -0.2) is 28.0 Å². The summed E-state index contributed by atoms with van der Waals surface area (Å²) < 4.78 is 40.6. The van der Waals surface area contributed by atoms with Crippen molar-refractivity contribution in [1.82, 2.24) is 9.88 Å². The highest BCUT2D eigenvalue weighted by Crippen LogP contribution is 2.40. The Morgan fingerprint density at radius 1 is 1.23 bits per heavy atom. The molecule has 3 rings (SSSR count). The molecule has 31 heavy (non-hydrogen) atoms. The molecule has 2 aromatic rings. The molecule has 1 aliphatic rings. The Balaban J connectivity index is 2.07. The fourth-order valence-corrected chi connectivity index (χ4v) is 4.81. The Labute approximate surface area is 186 Å². The molecule has 0 spiro atoms. The van der Waals surface area contributed by atoms with Crippen LogP contribution in [0.2, 0.25) is 5.02 Å². The summed E-state index contributed by atoms with van der Waals surface area (Å²) in [6, 6.07) is 9.58. The first-order chi connectivity index (χ1) is 14.7. The van der Waals surface area contributed by atoms with E-state index in [1.54, 1.807) is 29.3 Å². The average molecular weight is 453 g/mol. The van der Waals surface area contributed by atoms with Crippen molar-refractivity contribution in [2.75, 3.05) is 0 Å². The maximum Gasteiger partial charge on any atom is 0.390 e. The average Bonchev–Trinajstić information content (AvgIpc) is 2.74. The van der Waals surface area contributed by atoms with Crippen molar-refractivity contribution in [2.24, 2.45) is 0 Å². The van der Waals surface area contributed by atoms with Crippen LogP contribution in [-0.2, 0) is 11.2 Å². The van der Waals surface area contributed by atoms with Gasteiger partial charge in [0.05, 0.1) is 24.1 Å². The summed E-state index contributed by atoms with van der Waals surface area (Å²) in [7, 11) is 0. The normalized spacial score (nSPS) is 17.3. The summed E-state index contributed by atoms with van der Waals surface area (Å²) in [5.41, 5.74) is 2.17. The van der Waals surface area contributed by atoms with Gasteiger partial charge in [0.15, 0.2) is 0 Å². The molecule has 1 heterocycles. The second-order valence-corrected chi connectivity index (χ2v) is 8.53. The minimum Gasteiger partial charge on any atom is -0.331 e. The van der Waals surface area contributed by atoms with Gasteiger partial charge in [0.25, 0.3) is 0 Å². The SMILES string of the molecule is CCC(CC)N(C(=O)C(CC(F)(F)F)c1cccc(Cl)c1)C1CCCc2cccnc21. The highest BCUT2D eigenvalue weighted by molar-refractivity contribution is 6.30. The van der Waals surface area contributed by atoms with E-state index in [9.17, 15) is 18.0 Å². The van der Waals surface area contributed by atoms with Gasteiger partial charge in [0.2, 0.25) is 5.91 Å². The highest BCUT2D eigenvalue weighted by Gasteiger charge is 2.42. The maximum absolute atomic E-state index is 13.9. The predicted octanol–water partition coefficient (Wildman–Crippen LogP) is 6.87. The molecule has 0 N–H and O–H groups in total. The molecule has 0 saturated heterocycles. The number of carbonyl (C=O) groups is 1. The minimum atomic E-state index is -4.48. The van der Waals surface area contributed by atoms with Crippen molar-refractivity contribution in [3.05, 3.63) is 64.4 Å². The minimum absolute atomic E-state index is 0.166. The number of nitrogens with zero attached hydrogens (tertiary/aromatic N) is 2. The fraction of sp³-hybridized carbons (Fsp3) is 0.500. The third kappa shape index (κ3) is 5.59. The third-order valence-corrected chi connectivity index (χ3v) is 6.31. The van der Waals surface area contributed by atoms with E-state index < -0.39 is 24.4 Å². The Kier molecular flexibility index (Phi) is 7.63. The molecule has 2 unspecified atom stereocenters. The molecule has 1 amide bonds. The first-order valence-corrected chi connectivity index (χ1v) is 11.2. The summed E-state index contributed by atoms with van der Waals surface area (Å²) in [5, 5.41) is 0.316. The van der Waals surface area contributed by atoms with Crippen molar-refractivity contribution >= 4 is 17.5 Å². The van der Waals surface area contributed by atoms with E-state index >= 15 is 0 Å². The number of pyridine rings is 1. The Hall–Kier alpha value is -2.08. The summed E-state index contributed by atoms with van der Waals surface area (Å²) in [6.45, 7) is 3.93. The van der Waals surface area contributed by atoms with Gasteiger partial charge in [-0.2, -0.15) is 13.2 Å². The smallest absolute Gasteiger partial charge is 0.331 e. The second-order valence-electron chi connectivity index (χ2n) is 8.10. The van der Waals surface area contributed by atoms with Gasteiger partial charge in [-0.1, -0.05) is 43.6 Å². The van der Waals surface area contributed by atoms with E-state index in [2.05, 4.69) is 4.98 Å². The lowest BCUT2D eigenvalue weighted by Gasteiger charge is -2.42. The number of aryl methyl sites for hydroxylation is 1. The molecule has 1 aromatic carbocycles. The Bertz CT molecular complexity index is 898. The molecule has 0 fully saturated rings. The first-order valence-electron chi connectivity index (χ1n) is 10.8. The number of amides is 1. The molecule has 0 radical (unpaired) electrons. The van der Waals surface area contributed by atoms with Gasteiger partial charge in [-0.05, 0) is 61.4 Å². The Morgan fingerprint density at radius 3 is 2.61 bits per heavy atom. The molecule has 168 valence electrons. The number of hydrogen-bond donors (Lipinski definition) is 0. The van der Waals surface area contributed by atoms with Crippen LogP contribution in [0, 0.1) is 0 Å². The van der Waals surface area contributed by atoms with E-state index in [0.29, 0.717) is 29.8 Å². The lowest BCUT2D eigenvalue weighted by molar-refractivity contribution is -0.156. The van der Waals surface area contributed by atoms with Crippen molar-refractivity contribution in [2.45, 2.75) is 76.6 Å². The zero-order valence-corrected chi connectivity index (χ0v) is 18.6. The number of alkyl halides is 3. The fourth-order valence-electron chi connectivity index (χ4n) is 4.61. The zero-order valence-electron chi connectivity index (χ0n) is 17.8. The van der Waals surface area contributed by atoms with Gasteiger partial charge in [-0.3, -0.25) is 9.78 Å². The molecule has 0 bridgehead atoms. The zero-order chi connectivity index (χ0) is 22.6. The summed E-state index contributed by atoms with van der Waals surface area (Å²) in [4.78, 5) is 20.1. The largest absolute Gasteiger partial charge is 0.390 e. The molecule has 1 aliphatic carbocycles. The summed E-state index contributed by atoms with van der Waals surface area (Å²) >= 11 is 6.06. The molecule has 0 aliphatic heterocycles. The van der Waals surface area contributed by atoms with E-state index in [0.717, 1.165) is 24.1 Å². The van der Waals surface area contributed by atoms with Gasteiger partial charge >= 0.3 is 6.18 Å². The van der Waals surface area contributed by atoms with Crippen LogP contribution in [0.4, 0.5) is 13.2 Å².